The summed E-state index contributed by atoms with van der Waals surface area (Å²) < 4.78 is 27.9. The number of benzene rings is 1. The quantitative estimate of drug-likeness (QED) is 0.786. The SMILES string of the molecule is Cc1ccn2c(=O)c(NC(=O)c3ccc(F)cc3F)c(C)nc2c1. The highest BCUT2D eigenvalue weighted by Gasteiger charge is 2.17. The van der Waals surface area contributed by atoms with Crippen LogP contribution in [0.25, 0.3) is 5.65 Å². The number of carbonyl (C=O) groups excluding carboxylic acids is 1. The van der Waals surface area contributed by atoms with Crippen molar-refractivity contribution in [2.75, 3.05) is 5.32 Å². The van der Waals surface area contributed by atoms with Crippen LogP contribution in [0.15, 0.2) is 41.3 Å². The van der Waals surface area contributed by atoms with E-state index in [2.05, 4.69) is 10.3 Å². The lowest BCUT2D eigenvalue weighted by molar-refractivity contribution is 0.102. The highest BCUT2D eigenvalue weighted by Crippen LogP contribution is 2.14. The number of rotatable bonds is 2. The monoisotopic (exact) mass is 329 g/mol. The van der Waals surface area contributed by atoms with Gasteiger partial charge >= 0.3 is 0 Å². The minimum Gasteiger partial charge on any atom is -0.316 e. The molecule has 0 aliphatic heterocycles. The van der Waals surface area contributed by atoms with Crippen molar-refractivity contribution in [1.82, 2.24) is 9.38 Å². The lowest BCUT2D eigenvalue weighted by Crippen LogP contribution is -2.25. The van der Waals surface area contributed by atoms with Gasteiger partial charge in [-0.3, -0.25) is 14.0 Å². The van der Waals surface area contributed by atoms with Crippen LogP contribution >= 0.6 is 0 Å². The largest absolute Gasteiger partial charge is 0.316 e. The molecule has 0 aliphatic carbocycles. The first-order valence-corrected chi connectivity index (χ1v) is 7.13. The lowest BCUT2D eigenvalue weighted by Gasteiger charge is -2.10. The van der Waals surface area contributed by atoms with Gasteiger partial charge in [-0.25, -0.2) is 13.8 Å². The number of amides is 1. The summed E-state index contributed by atoms with van der Waals surface area (Å²) in [7, 11) is 0. The van der Waals surface area contributed by atoms with Crippen LogP contribution in [0.1, 0.15) is 21.6 Å². The van der Waals surface area contributed by atoms with Gasteiger partial charge in [-0.15, -0.1) is 0 Å². The molecule has 0 saturated heterocycles. The fourth-order valence-electron chi connectivity index (χ4n) is 2.35. The smallest absolute Gasteiger partial charge is 0.281 e. The van der Waals surface area contributed by atoms with Gasteiger partial charge in [0.1, 0.15) is 23.0 Å². The average molecular weight is 329 g/mol. The molecule has 0 atom stereocenters. The summed E-state index contributed by atoms with van der Waals surface area (Å²) in [6.45, 7) is 3.44. The standard InChI is InChI=1S/C17H13F2N3O2/c1-9-5-6-22-14(7-9)20-10(2)15(17(22)24)21-16(23)12-4-3-11(18)8-13(12)19/h3-8H,1-2H3,(H,21,23). The van der Waals surface area contributed by atoms with Gasteiger partial charge in [-0.2, -0.15) is 0 Å². The molecule has 24 heavy (non-hydrogen) atoms. The van der Waals surface area contributed by atoms with Gasteiger partial charge in [0, 0.05) is 12.3 Å². The number of halogens is 2. The van der Waals surface area contributed by atoms with Crippen LogP contribution in [-0.4, -0.2) is 15.3 Å². The number of aryl methyl sites for hydroxylation is 2. The lowest BCUT2D eigenvalue weighted by atomic mass is 10.2. The fourth-order valence-corrected chi connectivity index (χ4v) is 2.35. The molecular weight excluding hydrogens is 316 g/mol. The molecule has 3 aromatic rings. The van der Waals surface area contributed by atoms with Gasteiger partial charge in [0.15, 0.2) is 0 Å². The predicted octanol–water partition coefficient (Wildman–Crippen LogP) is 2.84. The van der Waals surface area contributed by atoms with Crippen molar-refractivity contribution < 1.29 is 13.6 Å². The van der Waals surface area contributed by atoms with Crippen molar-refractivity contribution in [3.63, 3.8) is 0 Å². The van der Waals surface area contributed by atoms with Crippen LogP contribution in [0.3, 0.4) is 0 Å². The first-order chi connectivity index (χ1) is 11.4. The number of pyridine rings is 1. The Morgan fingerprint density at radius 1 is 1.17 bits per heavy atom. The zero-order valence-corrected chi connectivity index (χ0v) is 12.9. The summed E-state index contributed by atoms with van der Waals surface area (Å²) in [4.78, 5) is 29.0. The molecule has 0 bridgehead atoms. The molecule has 5 nitrogen and oxygen atoms in total. The highest BCUT2D eigenvalue weighted by molar-refractivity contribution is 6.04. The minimum atomic E-state index is -1.00. The van der Waals surface area contributed by atoms with Crippen molar-refractivity contribution in [2.45, 2.75) is 13.8 Å². The number of anilines is 1. The first kappa shape index (κ1) is 15.8. The van der Waals surface area contributed by atoms with E-state index < -0.39 is 23.1 Å². The van der Waals surface area contributed by atoms with Crippen LogP contribution < -0.4 is 10.9 Å². The van der Waals surface area contributed by atoms with E-state index >= 15 is 0 Å². The van der Waals surface area contributed by atoms with Gasteiger partial charge in [-0.1, -0.05) is 0 Å². The van der Waals surface area contributed by atoms with Gasteiger partial charge in [0.25, 0.3) is 11.5 Å². The molecule has 1 amide bonds. The Bertz CT molecular complexity index is 1030. The molecule has 0 fully saturated rings. The Morgan fingerprint density at radius 3 is 2.62 bits per heavy atom. The zero-order valence-electron chi connectivity index (χ0n) is 12.9. The maximum atomic E-state index is 13.7. The summed E-state index contributed by atoms with van der Waals surface area (Å²) in [5.41, 5.74) is 0.805. The molecule has 7 heteroatoms. The number of fused-ring (bicyclic) bond motifs is 1. The third-order valence-electron chi connectivity index (χ3n) is 3.58. The summed E-state index contributed by atoms with van der Waals surface area (Å²) >= 11 is 0. The normalized spacial score (nSPS) is 10.8. The summed E-state index contributed by atoms with van der Waals surface area (Å²) in [6.07, 6.45) is 1.55. The molecule has 0 spiro atoms. The fraction of sp³-hybridized carbons (Fsp3) is 0.118. The van der Waals surface area contributed by atoms with E-state index in [0.29, 0.717) is 17.4 Å². The number of carbonyl (C=O) groups is 1. The topological polar surface area (TPSA) is 63.5 Å². The Balaban J connectivity index is 2.05. The van der Waals surface area contributed by atoms with Gasteiger partial charge in [0.2, 0.25) is 0 Å². The Kier molecular flexibility index (Phi) is 3.84. The van der Waals surface area contributed by atoms with E-state index in [4.69, 9.17) is 0 Å². The van der Waals surface area contributed by atoms with Crippen molar-refractivity contribution in [3.8, 4) is 0 Å². The van der Waals surface area contributed by atoms with Crippen LogP contribution in [0, 0.1) is 25.5 Å². The third-order valence-corrected chi connectivity index (χ3v) is 3.58. The Morgan fingerprint density at radius 2 is 1.92 bits per heavy atom. The van der Waals surface area contributed by atoms with Crippen molar-refractivity contribution in [3.05, 3.63) is 75.3 Å². The van der Waals surface area contributed by atoms with Gasteiger partial charge < -0.3 is 5.32 Å². The maximum absolute atomic E-state index is 13.7. The third kappa shape index (κ3) is 2.76. The molecule has 0 saturated carbocycles. The highest BCUT2D eigenvalue weighted by atomic mass is 19.1. The zero-order chi connectivity index (χ0) is 17.4. The first-order valence-electron chi connectivity index (χ1n) is 7.13. The second kappa shape index (κ2) is 5.84. The Labute approximate surface area is 135 Å². The van der Waals surface area contributed by atoms with E-state index in [-0.39, 0.29) is 11.3 Å². The molecule has 0 aliphatic rings. The second-order valence-corrected chi connectivity index (χ2v) is 5.39. The van der Waals surface area contributed by atoms with Crippen molar-refractivity contribution in [2.24, 2.45) is 0 Å². The minimum absolute atomic E-state index is 0.0509. The summed E-state index contributed by atoms with van der Waals surface area (Å²) in [5.74, 6) is -2.64. The molecule has 2 heterocycles. The predicted molar refractivity (Wildman–Crippen MR) is 85.2 cm³/mol. The van der Waals surface area contributed by atoms with E-state index in [1.165, 1.54) is 4.40 Å². The molecule has 0 radical (unpaired) electrons. The van der Waals surface area contributed by atoms with E-state index in [9.17, 15) is 18.4 Å². The number of hydrogen-bond acceptors (Lipinski definition) is 3. The number of hydrogen-bond donors (Lipinski definition) is 1. The number of nitrogens with zero attached hydrogens (tertiary/aromatic N) is 2. The molecule has 1 aromatic carbocycles. The van der Waals surface area contributed by atoms with Gasteiger partial charge in [0.05, 0.1) is 11.3 Å². The van der Waals surface area contributed by atoms with E-state index in [0.717, 1.165) is 17.7 Å². The van der Waals surface area contributed by atoms with E-state index in [1.807, 2.05) is 6.92 Å². The van der Waals surface area contributed by atoms with E-state index in [1.54, 1.807) is 25.3 Å². The maximum Gasteiger partial charge on any atom is 0.281 e. The summed E-state index contributed by atoms with van der Waals surface area (Å²) in [6, 6.07) is 6.07. The van der Waals surface area contributed by atoms with Gasteiger partial charge in [-0.05, 0) is 43.7 Å². The van der Waals surface area contributed by atoms with Crippen LogP contribution in [-0.2, 0) is 0 Å². The molecule has 122 valence electrons. The average Bonchev–Trinajstić information content (AvgIpc) is 2.50. The molecule has 3 rings (SSSR count). The van der Waals surface area contributed by atoms with Crippen LogP contribution in [0.5, 0.6) is 0 Å². The van der Waals surface area contributed by atoms with Crippen molar-refractivity contribution >= 4 is 17.2 Å². The molecule has 0 unspecified atom stereocenters. The van der Waals surface area contributed by atoms with Crippen LogP contribution in [0.4, 0.5) is 14.5 Å². The van der Waals surface area contributed by atoms with Crippen molar-refractivity contribution in [1.29, 1.82) is 0 Å². The Hall–Kier alpha value is -3.09. The number of nitrogens with one attached hydrogen (secondary N) is 1. The molecular formula is C17H13F2N3O2. The number of aromatic nitrogens is 2. The molecule has 1 N–H and O–H groups in total. The van der Waals surface area contributed by atoms with Crippen LogP contribution in [0.2, 0.25) is 0 Å². The second-order valence-electron chi connectivity index (χ2n) is 5.39. The summed E-state index contributed by atoms with van der Waals surface area (Å²) in [5, 5.41) is 2.36. The molecule has 2 aromatic heterocycles.